The number of pyridine rings is 1. The second-order valence-electron chi connectivity index (χ2n) is 6.46. The van der Waals surface area contributed by atoms with E-state index in [4.69, 9.17) is 10.5 Å². The number of hydrogen-bond donors (Lipinski definition) is 3. The molecule has 0 saturated carbocycles. The van der Waals surface area contributed by atoms with Crippen LogP contribution in [0.25, 0.3) is 0 Å². The Labute approximate surface area is 159 Å². The summed E-state index contributed by atoms with van der Waals surface area (Å²) in [4.78, 5) is 29.0. The average molecular weight is 388 g/mol. The molecule has 3 rings (SSSR count). The second-order valence-corrected chi connectivity index (χ2v) is 6.46. The number of likely N-dealkylation sites (tertiary alicyclic amines) is 1. The molecule has 1 amide bonds. The summed E-state index contributed by atoms with van der Waals surface area (Å²) in [6.07, 6.45) is 1.63. The number of nitrogens with one attached hydrogen (secondary N) is 2. The molecule has 0 unspecified atom stereocenters. The summed E-state index contributed by atoms with van der Waals surface area (Å²) < 4.78 is 26.5. The van der Waals surface area contributed by atoms with E-state index in [0.29, 0.717) is 17.1 Å². The average Bonchev–Trinajstić information content (AvgIpc) is 2.68. The maximum atomic E-state index is 13.3. The van der Waals surface area contributed by atoms with E-state index in [9.17, 15) is 18.4 Å². The van der Waals surface area contributed by atoms with Gasteiger partial charge in [-0.15, -0.1) is 0 Å². The molecule has 2 aromatic rings. The van der Waals surface area contributed by atoms with E-state index in [1.165, 1.54) is 29.3 Å². The molecule has 1 aliphatic heterocycles. The number of piperidine rings is 1. The number of nitrogens with zero attached hydrogens (tertiary/aromatic N) is 2. The Hall–Kier alpha value is -3.36. The number of anilines is 2. The Morgan fingerprint density at radius 2 is 1.82 bits per heavy atom. The van der Waals surface area contributed by atoms with Gasteiger partial charge in [-0.25, -0.2) is 18.6 Å². The quantitative estimate of drug-likeness (QED) is 0.681. The van der Waals surface area contributed by atoms with Crippen LogP contribution in [0, 0.1) is 5.41 Å². The number of benzene rings is 1. The van der Waals surface area contributed by atoms with Crippen LogP contribution in [0.3, 0.4) is 0 Å². The minimum absolute atomic E-state index is 0.0261. The zero-order valence-electron chi connectivity index (χ0n) is 14.8. The molecule has 0 spiro atoms. The van der Waals surface area contributed by atoms with Crippen LogP contribution in [0.1, 0.15) is 39.1 Å². The van der Waals surface area contributed by atoms with Crippen molar-refractivity contribution in [3.8, 4) is 0 Å². The lowest BCUT2D eigenvalue weighted by atomic mass is 10.1. The fraction of sp³-hybridized carbons (Fsp3) is 0.263. The Morgan fingerprint density at radius 1 is 1.18 bits per heavy atom. The van der Waals surface area contributed by atoms with Crippen LogP contribution in [0.4, 0.5) is 20.3 Å². The topological polar surface area (TPSA) is 106 Å². The number of aromatic nitrogens is 1. The van der Waals surface area contributed by atoms with E-state index in [2.05, 4.69) is 10.3 Å². The molecule has 7 nitrogen and oxygen atoms in total. The van der Waals surface area contributed by atoms with E-state index in [0.717, 1.165) is 6.21 Å². The summed E-state index contributed by atoms with van der Waals surface area (Å²) in [7, 11) is 0. The standard InChI is InChI=1S/C19H18F2N4O3/c20-19(21)5-7-25(8-6-19)17(26)14-9-13(10-22)16(23-11-14)24-15-3-1-12(2-4-15)18(27)28/h1-4,9-11,22H,5-8H2,(H,23,24)(H,27,28). The lowest BCUT2D eigenvalue weighted by molar-refractivity contribution is -0.0494. The molecule has 0 atom stereocenters. The number of carboxylic acid groups (broad SMARTS) is 1. The molecule has 0 aliphatic carbocycles. The van der Waals surface area contributed by atoms with Gasteiger partial charge in [0, 0.05) is 49.6 Å². The summed E-state index contributed by atoms with van der Waals surface area (Å²) in [5, 5.41) is 19.5. The van der Waals surface area contributed by atoms with Gasteiger partial charge in [-0.1, -0.05) is 0 Å². The maximum absolute atomic E-state index is 13.3. The molecule has 2 heterocycles. The number of hydrogen-bond acceptors (Lipinski definition) is 5. The minimum Gasteiger partial charge on any atom is -0.478 e. The highest BCUT2D eigenvalue weighted by Gasteiger charge is 2.35. The third-order valence-electron chi connectivity index (χ3n) is 4.50. The maximum Gasteiger partial charge on any atom is 0.335 e. The van der Waals surface area contributed by atoms with Gasteiger partial charge in [0.2, 0.25) is 0 Å². The first-order valence-corrected chi connectivity index (χ1v) is 8.57. The van der Waals surface area contributed by atoms with E-state index >= 15 is 0 Å². The molecule has 1 aliphatic rings. The van der Waals surface area contributed by atoms with Crippen molar-refractivity contribution in [1.29, 1.82) is 5.41 Å². The van der Waals surface area contributed by atoms with Crippen molar-refractivity contribution in [2.45, 2.75) is 18.8 Å². The Bertz CT molecular complexity index is 906. The van der Waals surface area contributed by atoms with E-state index < -0.39 is 17.8 Å². The molecule has 1 fully saturated rings. The van der Waals surface area contributed by atoms with Crippen LogP contribution >= 0.6 is 0 Å². The zero-order chi connectivity index (χ0) is 20.3. The first-order valence-electron chi connectivity index (χ1n) is 8.57. The summed E-state index contributed by atoms with van der Waals surface area (Å²) in [6.45, 7) is -0.0522. The van der Waals surface area contributed by atoms with Crippen molar-refractivity contribution in [3.63, 3.8) is 0 Å². The van der Waals surface area contributed by atoms with Gasteiger partial charge in [-0.05, 0) is 30.3 Å². The fourth-order valence-electron chi connectivity index (χ4n) is 2.87. The van der Waals surface area contributed by atoms with Gasteiger partial charge in [0.1, 0.15) is 5.82 Å². The number of carbonyl (C=O) groups excluding carboxylic acids is 1. The third kappa shape index (κ3) is 4.30. The molecule has 9 heteroatoms. The van der Waals surface area contributed by atoms with Crippen LogP contribution in [0.2, 0.25) is 0 Å². The predicted octanol–water partition coefficient (Wildman–Crippen LogP) is 3.39. The lowest BCUT2D eigenvalue weighted by Gasteiger charge is -2.31. The van der Waals surface area contributed by atoms with Crippen molar-refractivity contribution >= 4 is 29.6 Å². The Kier molecular flexibility index (Phi) is 5.34. The number of rotatable bonds is 5. The molecular weight excluding hydrogens is 370 g/mol. The third-order valence-corrected chi connectivity index (χ3v) is 4.50. The number of amides is 1. The molecule has 0 radical (unpaired) electrons. The molecule has 28 heavy (non-hydrogen) atoms. The molecule has 1 aromatic heterocycles. The number of carbonyl (C=O) groups is 2. The van der Waals surface area contributed by atoms with Crippen molar-refractivity contribution in [2.24, 2.45) is 0 Å². The Morgan fingerprint density at radius 3 is 2.39 bits per heavy atom. The van der Waals surface area contributed by atoms with Gasteiger partial charge >= 0.3 is 5.97 Å². The van der Waals surface area contributed by atoms with Crippen molar-refractivity contribution < 1.29 is 23.5 Å². The predicted molar refractivity (Wildman–Crippen MR) is 98.9 cm³/mol. The van der Waals surface area contributed by atoms with E-state index in [1.807, 2.05) is 0 Å². The summed E-state index contributed by atoms with van der Waals surface area (Å²) in [6, 6.07) is 7.46. The molecule has 1 saturated heterocycles. The molecule has 146 valence electrons. The fourth-order valence-corrected chi connectivity index (χ4v) is 2.87. The van der Waals surface area contributed by atoms with Crippen molar-refractivity contribution in [2.75, 3.05) is 18.4 Å². The number of carboxylic acids is 1. The van der Waals surface area contributed by atoms with Crippen molar-refractivity contribution in [1.82, 2.24) is 9.88 Å². The van der Waals surface area contributed by atoms with Gasteiger partial charge in [-0.2, -0.15) is 0 Å². The van der Waals surface area contributed by atoms with E-state index in [-0.39, 0.29) is 37.1 Å². The summed E-state index contributed by atoms with van der Waals surface area (Å²) in [5.74, 6) is -3.86. The monoisotopic (exact) mass is 388 g/mol. The van der Waals surface area contributed by atoms with Crippen LogP contribution < -0.4 is 5.32 Å². The van der Waals surface area contributed by atoms with Gasteiger partial charge < -0.3 is 20.7 Å². The number of alkyl halides is 2. The Balaban J connectivity index is 1.75. The highest BCUT2D eigenvalue weighted by atomic mass is 19.3. The largest absolute Gasteiger partial charge is 0.478 e. The van der Waals surface area contributed by atoms with E-state index in [1.54, 1.807) is 12.1 Å². The number of aromatic carboxylic acids is 1. The normalized spacial score (nSPS) is 15.7. The highest BCUT2D eigenvalue weighted by molar-refractivity contribution is 5.97. The summed E-state index contributed by atoms with van der Waals surface area (Å²) >= 11 is 0. The zero-order valence-corrected chi connectivity index (χ0v) is 14.8. The van der Waals surface area contributed by atoms with Gasteiger partial charge in [0.15, 0.2) is 0 Å². The highest BCUT2D eigenvalue weighted by Crippen LogP contribution is 2.28. The minimum atomic E-state index is -2.74. The lowest BCUT2D eigenvalue weighted by Crippen LogP contribution is -2.42. The molecular formula is C19H18F2N4O3. The van der Waals surface area contributed by atoms with Gasteiger partial charge in [0.25, 0.3) is 11.8 Å². The van der Waals surface area contributed by atoms with Crippen LogP contribution in [0.15, 0.2) is 36.5 Å². The molecule has 3 N–H and O–H groups in total. The first-order chi connectivity index (χ1) is 13.3. The molecule has 0 bridgehead atoms. The van der Waals surface area contributed by atoms with Crippen molar-refractivity contribution in [3.05, 3.63) is 53.2 Å². The SMILES string of the molecule is N=Cc1cc(C(=O)N2CCC(F)(F)CC2)cnc1Nc1ccc(C(=O)O)cc1. The summed E-state index contributed by atoms with van der Waals surface area (Å²) in [5.41, 5.74) is 1.27. The van der Waals surface area contributed by atoms with Gasteiger partial charge in [-0.3, -0.25) is 4.79 Å². The number of halogens is 2. The van der Waals surface area contributed by atoms with Crippen LogP contribution in [-0.2, 0) is 0 Å². The second kappa shape index (κ2) is 7.71. The van der Waals surface area contributed by atoms with Crippen LogP contribution in [-0.4, -0.2) is 52.1 Å². The molecule has 1 aromatic carbocycles. The smallest absolute Gasteiger partial charge is 0.335 e. The first kappa shape index (κ1) is 19.4. The van der Waals surface area contributed by atoms with Gasteiger partial charge in [0.05, 0.1) is 11.1 Å². The van der Waals surface area contributed by atoms with Crippen LogP contribution in [0.5, 0.6) is 0 Å².